The summed E-state index contributed by atoms with van der Waals surface area (Å²) in [6.45, 7) is 1.02. The highest BCUT2D eigenvalue weighted by Crippen LogP contribution is 2.17. The second-order valence-corrected chi connectivity index (χ2v) is 4.51. The lowest BCUT2D eigenvalue weighted by Crippen LogP contribution is -2.21. The molecule has 2 rings (SSSR count). The van der Waals surface area contributed by atoms with Crippen LogP contribution in [0.4, 0.5) is 5.69 Å². The van der Waals surface area contributed by atoms with Gasteiger partial charge in [0.1, 0.15) is 5.02 Å². The SMILES string of the molecule is Cn1ncc(NCc2ccccc2CN)c(Cl)c1=O. The van der Waals surface area contributed by atoms with Gasteiger partial charge in [0, 0.05) is 20.1 Å². The molecule has 0 amide bonds. The highest BCUT2D eigenvalue weighted by molar-refractivity contribution is 6.32. The van der Waals surface area contributed by atoms with Gasteiger partial charge in [0.2, 0.25) is 0 Å². The molecule has 3 N–H and O–H groups in total. The van der Waals surface area contributed by atoms with E-state index in [2.05, 4.69) is 10.4 Å². The summed E-state index contributed by atoms with van der Waals surface area (Å²) in [6.07, 6.45) is 1.54. The maximum absolute atomic E-state index is 11.6. The van der Waals surface area contributed by atoms with E-state index in [9.17, 15) is 4.79 Å². The van der Waals surface area contributed by atoms with E-state index < -0.39 is 0 Å². The van der Waals surface area contributed by atoms with Crippen LogP contribution in [0.1, 0.15) is 11.1 Å². The predicted molar refractivity (Wildman–Crippen MR) is 76.1 cm³/mol. The van der Waals surface area contributed by atoms with Gasteiger partial charge in [-0.05, 0) is 11.1 Å². The van der Waals surface area contributed by atoms with Crippen molar-refractivity contribution in [2.24, 2.45) is 12.8 Å². The molecule has 0 spiro atoms. The average molecular weight is 279 g/mol. The zero-order valence-corrected chi connectivity index (χ0v) is 11.3. The van der Waals surface area contributed by atoms with Gasteiger partial charge in [0.25, 0.3) is 5.56 Å². The topological polar surface area (TPSA) is 72.9 Å². The second-order valence-electron chi connectivity index (χ2n) is 4.13. The number of nitrogens with one attached hydrogen (secondary N) is 1. The summed E-state index contributed by atoms with van der Waals surface area (Å²) < 4.78 is 1.20. The molecule has 1 heterocycles. The Balaban J connectivity index is 2.19. The van der Waals surface area contributed by atoms with E-state index in [1.165, 1.54) is 10.9 Å². The fraction of sp³-hybridized carbons (Fsp3) is 0.231. The predicted octanol–water partition coefficient (Wildman–Crippen LogP) is 1.50. The van der Waals surface area contributed by atoms with Gasteiger partial charge in [-0.2, -0.15) is 5.10 Å². The number of anilines is 1. The molecular formula is C13H15ClN4O. The van der Waals surface area contributed by atoms with Crippen LogP contribution in [0.5, 0.6) is 0 Å². The zero-order chi connectivity index (χ0) is 13.8. The minimum atomic E-state index is -0.321. The number of rotatable bonds is 4. The normalized spacial score (nSPS) is 10.5. The molecule has 0 fully saturated rings. The van der Waals surface area contributed by atoms with Crippen molar-refractivity contribution in [3.63, 3.8) is 0 Å². The summed E-state index contributed by atoms with van der Waals surface area (Å²) >= 11 is 5.98. The first-order valence-corrected chi connectivity index (χ1v) is 6.24. The molecule has 0 atom stereocenters. The molecule has 0 aliphatic heterocycles. The Morgan fingerprint density at radius 2 is 2.05 bits per heavy atom. The molecule has 1 aromatic carbocycles. The average Bonchev–Trinajstić information content (AvgIpc) is 2.44. The summed E-state index contributed by atoms with van der Waals surface area (Å²) in [5.41, 5.74) is 8.01. The lowest BCUT2D eigenvalue weighted by molar-refractivity contribution is 0.708. The number of halogens is 1. The largest absolute Gasteiger partial charge is 0.378 e. The Hall–Kier alpha value is -1.85. The van der Waals surface area contributed by atoms with Crippen molar-refractivity contribution in [1.29, 1.82) is 0 Å². The Morgan fingerprint density at radius 1 is 1.37 bits per heavy atom. The lowest BCUT2D eigenvalue weighted by Gasteiger charge is -2.11. The van der Waals surface area contributed by atoms with Crippen LogP contribution in [-0.2, 0) is 20.1 Å². The van der Waals surface area contributed by atoms with Crippen molar-refractivity contribution in [3.8, 4) is 0 Å². The van der Waals surface area contributed by atoms with Crippen molar-refractivity contribution in [2.75, 3.05) is 5.32 Å². The second kappa shape index (κ2) is 5.86. The molecule has 0 aliphatic rings. The molecule has 0 bridgehead atoms. The molecule has 0 saturated carbocycles. The van der Waals surface area contributed by atoms with E-state index in [4.69, 9.17) is 17.3 Å². The molecule has 0 aliphatic carbocycles. The molecule has 19 heavy (non-hydrogen) atoms. The number of hydrogen-bond acceptors (Lipinski definition) is 4. The first-order chi connectivity index (χ1) is 9.13. The van der Waals surface area contributed by atoms with Gasteiger partial charge in [-0.25, -0.2) is 4.68 Å². The third-order valence-corrected chi connectivity index (χ3v) is 3.25. The van der Waals surface area contributed by atoms with Crippen LogP contribution < -0.4 is 16.6 Å². The minimum absolute atomic E-state index is 0.141. The molecule has 1 aromatic heterocycles. The Bertz CT molecular complexity index is 639. The molecule has 2 aromatic rings. The van der Waals surface area contributed by atoms with Crippen LogP contribution in [-0.4, -0.2) is 9.78 Å². The monoisotopic (exact) mass is 278 g/mol. The van der Waals surface area contributed by atoms with Gasteiger partial charge in [-0.1, -0.05) is 35.9 Å². The van der Waals surface area contributed by atoms with Gasteiger partial charge in [0.05, 0.1) is 11.9 Å². The van der Waals surface area contributed by atoms with Crippen LogP contribution >= 0.6 is 11.6 Å². The maximum atomic E-state index is 11.6. The number of nitrogens with two attached hydrogens (primary N) is 1. The minimum Gasteiger partial charge on any atom is -0.378 e. The molecular weight excluding hydrogens is 264 g/mol. The van der Waals surface area contributed by atoms with Gasteiger partial charge in [-0.15, -0.1) is 0 Å². The van der Waals surface area contributed by atoms with Crippen molar-refractivity contribution in [3.05, 3.63) is 57.0 Å². The number of hydrogen-bond donors (Lipinski definition) is 2. The first kappa shape index (κ1) is 13.6. The van der Waals surface area contributed by atoms with Crippen molar-refractivity contribution in [2.45, 2.75) is 13.1 Å². The van der Waals surface area contributed by atoms with Crippen molar-refractivity contribution >= 4 is 17.3 Å². The summed E-state index contributed by atoms with van der Waals surface area (Å²) in [5.74, 6) is 0. The van der Waals surface area contributed by atoms with Gasteiger partial charge in [0.15, 0.2) is 0 Å². The van der Waals surface area contributed by atoms with E-state index >= 15 is 0 Å². The van der Waals surface area contributed by atoms with Crippen molar-refractivity contribution in [1.82, 2.24) is 9.78 Å². The standard InChI is InChI=1S/C13H15ClN4O/c1-18-13(19)12(14)11(8-17-18)16-7-10-5-3-2-4-9(10)6-15/h2-5,8,16H,6-7,15H2,1H3. The molecule has 5 nitrogen and oxygen atoms in total. The number of nitrogens with zero attached hydrogens (tertiary/aromatic N) is 2. The molecule has 0 unspecified atom stereocenters. The van der Waals surface area contributed by atoms with E-state index in [1.807, 2.05) is 24.3 Å². The highest BCUT2D eigenvalue weighted by Gasteiger charge is 2.07. The van der Waals surface area contributed by atoms with E-state index in [0.29, 0.717) is 18.8 Å². The number of aromatic nitrogens is 2. The molecule has 0 saturated heterocycles. The van der Waals surface area contributed by atoms with Crippen LogP contribution in [0.25, 0.3) is 0 Å². The number of benzene rings is 1. The number of aryl methyl sites for hydroxylation is 1. The summed E-state index contributed by atoms with van der Waals surface area (Å²) in [7, 11) is 1.56. The lowest BCUT2D eigenvalue weighted by atomic mass is 10.1. The van der Waals surface area contributed by atoms with Gasteiger partial charge >= 0.3 is 0 Å². The van der Waals surface area contributed by atoms with Crippen molar-refractivity contribution < 1.29 is 0 Å². The maximum Gasteiger partial charge on any atom is 0.287 e. The first-order valence-electron chi connectivity index (χ1n) is 5.86. The van der Waals surface area contributed by atoms with E-state index in [-0.39, 0.29) is 10.6 Å². The Morgan fingerprint density at radius 3 is 2.74 bits per heavy atom. The van der Waals surface area contributed by atoms with Gasteiger partial charge < -0.3 is 11.1 Å². The third-order valence-electron chi connectivity index (χ3n) is 2.89. The fourth-order valence-corrected chi connectivity index (χ4v) is 1.99. The van der Waals surface area contributed by atoms with Crippen LogP contribution in [0, 0.1) is 0 Å². The summed E-state index contributed by atoms with van der Waals surface area (Å²) in [4.78, 5) is 11.6. The molecule has 6 heteroatoms. The van der Waals surface area contributed by atoms with E-state index in [1.54, 1.807) is 7.05 Å². The zero-order valence-electron chi connectivity index (χ0n) is 10.6. The highest BCUT2D eigenvalue weighted by atomic mass is 35.5. The van der Waals surface area contributed by atoms with Gasteiger partial charge in [-0.3, -0.25) is 4.79 Å². The summed E-state index contributed by atoms with van der Waals surface area (Å²) in [6, 6.07) is 7.84. The Labute approximate surface area is 116 Å². The van der Waals surface area contributed by atoms with Crippen LogP contribution in [0.2, 0.25) is 5.02 Å². The van der Waals surface area contributed by atoms with Crippen LogP contribution in [0.3, 0.4) is 0 Å². The van der Waals surface area contributed by atoms with Crippen LogP contribution in [0.15, 0.2) is 35.3 Å². The summed E-state index contributed by atoms with van der Waals surface area (Å²) in [5, 5.41) is 7.18. The fourth-order valence-electron chi connectivity index (χ4n) is 1.75. The Kier molecular flexibility index (Phi) is 4.19. The molecule has 0 radical (unpaired) electrons. The quantitative estimate of drug-likeness (QED) is 0.889. The third kappa shape index (κ3) is 2.94. The van der Waals surface area contributed by atoms with E-state index in [0.717, 1.165) is 11.1 Å². The smallest absolute Gasteiger partial charge is 0.287 e. The molecule has 100 valence electrons.